The zero-order chi connectivity index (χ0) is 15.1. The van der Waals surface area contributed by atoms with Crippen molar-refractivity contribution in [2.75, 3.05) is 0 Å². The lowest BCUT2D eigenvalue weighted by Crippen LogP contribution is -2.00. The van der Waals surface area contributed by atoms with Crippen molar-refractivity contribution in [2.45, 2.75) is 0 Å². The van der Waals surface area contributed by atoms with Gasteiger partial charge in [0.05, 0.1) is 11.0 Å². The fraction of sp³-hybridized carbons (Fsp3) is 0. The number of ether oxygens (including phenoxy) is 1. The van der Waals surface area contributed by atoms with Gasteiger partial charge in [-0.1, -0.05) is 16.6 Å². The highest BCUT2D eigenvalue weighted by molar-refractivity contribution is 5.75. The van der Waals surface area contributed by atoms with Crippen LogP contribution in [0.25, 0.3) is 16.7 Å². The van der Waals surface area contributed by atoms with Crippen molar-refractivity contribution in [3.63, 3.8) is 0 Å². The Morgan fingerprint density at radius 2 is 2.09 bits per heavy atom. The number of benzene rings is 1. The van der Waals surface area contributed by atoms with E-state index in [9.17, 15) is 10.1 Å². The van der Waals surface area contributed by atoms with Crippen molar-refractivity contribution in [1.29, 1.82) is 0 Å². The molecule has 0 bridgehead atoms. The molecule has 3 heterocycles. The number of rotatable bonds is 3. The first kappa shape index (κ1) is 12.3. The maximum atomic E-state index is 10.9. The number of hydrogen-bond acceptors (Lipinski definition) is 6. The number of imidazole rings is 2. The highest BCUT2D eigenvalue weighted by Crippen LogP contribution is 2.21. The third kappa shape index (κ3) is 1.92. The van der Waals surface area contributed by atoms with E-state index in [2.05, 4.69) is 20.1 Å². The second-order valence-corrected chi connectivity index (χ2v) is 4.48. The lowest BCUT2D eigenvalue weighted by Gasteiger charge is -1.98. The number of hydrogen-bond donors (Lipinski definition) is 1. The van der Waals surface area contributed by atoms with E-state index >= 15 is 0 Å². The highest BCUT2D eigenvalue weighted by atomic mass is 16.6. The summed E-state index contributed by atoms with van der Waals surface area (Å²) < 4.78 is 6.64. The van der Waals surface area contributed by atoms with E-state index in [0.29, 0.717) is 5.65 Å². The SMILES string of the molecule is O=[N+]([O-])c1cnc2ccc(Oc3nc4ccccc4[nH]3)nn12. The molecule has 0 aliphatic heterocycles. The molecule has 22 heavy (non-hydrogen) atoms. The van der Waals surface area contributed by atoms with Gasteiger partial charge >= 0.3 is 11.8 Å². The number of nitrogens with one attached hydrogen (secondary N) is 1. The lowest BCUT2D eigenvalue weighted by molar-refractivity contribution is -0.391. The van der Waals surface area contributed by atoms with Gasteiger partial charge in [-0.05, 0) is 22.2 Å². The second kappa shape index (κ2) is 4.52. The van der Waals surface area contributed by atoms with E-state index in [0.717, 1.165) is 21.7 Å². The quantitative estimate of drug-likeness (QED) is 0.458. The molecule has 0 spiro atoms. The molecular formula is C13H8N6O3. The molecule has 4 rings (SSSR count). The molecule has 0 aliphatic carbocycles. The van der Waals surface area contributed by atoms with E-state index in [1.54, 1.807) is 12.1 Å². The number of nitro groups is 1. The van der Waals surface area contributed by atoms with E-state index in [1.165, 1.54) is 0 Å². The van der Waals surface area contributed by atoms with Gasteiger partial charge in [-0.25, -0.2) is 4.98 Å². The van der Waals surface area contributed by atoms with Gasteiger partial charge in [0, 0.05) is 12.1 Å². The topological polar surface area (TPSA) is 111 Å². The molecule has 0 fully saturated rings. The number of H-pyrrole nitrogens is 1. The lowest BCUT2D eigenvalue weighted by atomic mass is 10.3. The Morgan fingerprint density at radius 3 is 2.91 bits per heavy atom. The van der Waals surface area contributed by atoms with Crippen molar-refractivity contribution in [3.05, 3.63) is 52.7 Å². The zero-order valence-corrected chi connectivity index (χ0v) is 11.0. The first-order chi connectivity index (χ1) is 10.7. The second-order valence-electron chi connectivity index (χ2n) is 4.48. The van der Waals surface area contributed by atoms with Crippen LogP contribution in [-0.2, 0) is 0 Å². The van der Waals surface area contributed by atoms with Gasteiger partial charge < -0.3 is 19.8 Å². The molecule has 1 N–H and O–H groups in total. The predicted octanol–water partition coefficient (Wildman–Crippen LogP) is 2.31. The summed E-state index contributed by atoms with van der Waals surface area (Å²) in [4.78, 5) is 21.5. The minimum atomic E-state index is -0.558. The Morgan fingerprint density at radius 1 is 1.23 bits per heavy atom. The Labute approximate surface area is 122 Å². The van der Waals surface area contributed by atoms with Crippen LogP contribution in [0.5, 0.6) is 11.9 Å². The number of aromatic amines is 1. The van der Waals surface area contributed by atoms with E-state index < -0.39 is 4.92 Å². The van der Waals surface area contributed by atoms with Gasteiger partial charge in [0.2, 0.25) is 5.65 Å². The van der Waals surface area contributed by atoms with Crippen molar-refractivity contribution in [3.8, 4) is 11.9 Å². The largest absolute Gasteiger partial charge is 0.403 e. The van der Waals surface area contributed by atoms with Gasteiger partial charge in [-0.2, -0.15) is 4.98 Å². The van der Waals surface area contributed by atoms with E-state index in [-0.39, 0.29) is 17.7 Å². The molecule has 0 atom stereocenters. The molecule has 9 nitrogen and oxygen atoms in total. The van der Waals surface area contributed by atoms with Gasteiger partial charge in [0.1, 0.15) is 6.20 Å². The summed E-state index contributed by atoms with van der Waals surface area (Å²) in [6, 6.07) is 10.9. The number of aromatic nitrogens is 5. The van der Waals surface area contributed by atoms with Crippen LogP contribution in [0, 0.1) is 10.1 Å². The van der Waals surface area contributed by atoms with Crippen LogP contribution < -0.4 is 4.74 Å². The van der Waals surface area contributed by atoms with E-state index in [4.69, 9.17) is 4.74 Å². The summed E-state index contributed by atoms with van der Waals surface area (Å²) in [5, 5.41) is 15.0. The van der Waals surface area contributed by atoms with Crippen LogP contribution >= 0.6 is 0 Å². The normalized spacial score (nSPS) is 11.1. The standard InChI is InChI=1S/C13H8N6O3/c20-19(21)12-7-14-10-5-6-11(17-18(10)12)22-13-15-8-3-1-2-4-9(8)16-13/h1-7H,(H,15,16). The van der Waals surface area contributed by atoms with Gasteiger partial charge in [-0.3, -0.25) is 0 Å². The van der Waals surface area contributed by atoms with Crippen molar-refractivity contribution < 1.29 is 9.66 Å². The molecular weight excluding hydrogens is 288 g/mol. The molecule has 0 aliphatic rings. The smallest absolute Gasteiger partial charge is 0.368 e. The molecule has 1 aromatic carbocycles. The van der Waals surface area contributed by atoms with Crippen molar-refractivity contribution in [1.82, 2.24) is 24.6 Å². The third-order valence-electron chi connectivity index (χ3n) is 3.08. The van der Waals surface area contributed by atoms with Crippen LogP contribution in [0.2, 0.25) is 0 Å². The number of nitrogens with zero attached hydrogens (tertiary/aromatic N) is 5. The van der Waals surface area contributed by atoms with Crippen LogP contribution in [0.3, 0.4) is 0 Å². The molecule has 0 unspecified atom stereocenters. The summed E-state index contributed by atoms with van der Waals surface area (Å²) in [6.07, 6.45) is 1.15. The average Bonchev–Trinajstić information content (AvgIpc) is 3.09. The molecule has 108 valence electrons. The number of para-hydroxylation sites is 2. The fourth-order valence-electron chi connectivity index (χ4n) is 2.10. The molecule has 0 saturated heterocycles. The summed E-state index contributed by atoms with van der Waals surface area (Å²) in [7, 11) is 0. The highest BCUT2D eigenvalue weighted by Gasteiger charge is 2.17. The van der Waals surface area contributed by atoms with Crippen LogP contribution in [0.1, 0.15) is 0 Å². The maximum Gasteiger partial charge on any atom is 0.368 e. The summed E-state index contributed by atoms with van der Waals surface area (Å²) in [5.41, 5.74) is 1.95. The van der Waals surface area contributed by atoms with Crippen LogP contribution in [0.15, 0.2) is 42.6 Å². The number of fused-ring (bicyclic) bond motifs is 2. The average molecular weight is 296 g/mol. The Hall–Kier alpha value is -3.49. The maximum absolute atomic E-state index is 10.9. The predicted molar refractivity (Wildman–Crippen MR) is 75.8 cm³/mol. The van der Waals surface area contributed by atoms with Crippen molar-refractivity contribution >= 4 is 22.5 Å². The van der Waals surface area contributed by atoms with Crippen LogP contribution in [0.4, 0.5) is 5.82 Å². The fourth-order valence-corrected chi connectivity index (χ4v) is 2.10. The Kier molecular flexibility index (Phi) is 2.52. The van der Waals surface area contributed by atoms with Gasteiger partial charge in [-0.15, -0.1) is 0 Å². The first-order valence-electron chi connectivity index (χ1n) is 6.32. The Bertz CT molecular complexity index is 972. The summed E-state index contributed by atoms with van der Waals surface area (Å²) in [5.74, 6) is -0.0577. The molecule has 3 aromatic heterocycles. The van der Waals surface area contributed by atoms with Gasteiger partial charge in [0.15, 0.2) is 0 Å². The molecule has 0 saturated carbocycles. The molecule has 0 radical (unpaired) electrons. The zero-order valence-electron chi connectivity index (χ0n) is 11.0. The van der Waals surface area contributed by atoms with Crippen molar-refractivity contribution in [2.24, 2.45) is 0 Å². The van der Waals surface area contributed by atoms with E-state index in [1.807, 2.05) is 24.3 Å². The summed E-state index contributed by atoms with van der Waals surface area (Å²) >= 11 is 0. The molecule has 0 amide bonds. The minimum Gasteiger partial charge on any atom is -0.403 e. The minimum absolute atomic E-state index is 0.174. The van der Waals surface area contributed by atoms with Crippen LogP contribution in [-0.4, -0.2) is 29.5 Å². The molecule has 4 aromatic rings. The summed E-state index contributed by atoms with van der Waals surface area (Å²) in [6.45, 7) is 0. The molecule has 9 heteroatoms. The Balaban J connectivity index is 1.74. The first-order valence-corrected chi connectivity index (χ1v) is 6.32. The van der Waals surface area contributed by atoms with Gasteiger partial charge in [0.25, 0.3) is 5.88 Å². The monoisotopic (exact) mass is 296 g/mol. The third-order valence-corrected chi connectivity index (χ3v) is 3.08.